The van der Waals surface area contributed by atoms with Gasteiger partial charge >= 0.3 is 5.97 Å². The number of ether oxygens (including phenoxy) is 1. The normalized spacial score (nSPS) is 12.9. The van der Waals surface area contributed by atoms with Crippen LogP contribution < -0.4 is 9.46 Å². The molecule has 0 saturated carbocycles. The summed E-state index contributed by atoms with van der Waals surface area (Å²) in [5.74, 6) is -1.27. The summed E-state index contributed by atoms with van der Waals surface area (Å²) >= 11 is 3.14. The van der Waals surface area contributed by atoms with Gasteiger partial charge in [0.2, 0.25) is 10.0 Å². The minimum Gasteiger partial charge on any atom is -0.495 e. The molecule has 0 amide bonds. The van der Waals surface area contributed by atoms with E-state index in [0.717, 1.165) is 0 Å². The fourth-order valence-corrected chi connectivity index (χ4v) is 3.40. The quantitative estimate of drug-likeness (QED) is 0.649. The Hall–Kier alpha value is -1.16. The number of halogens is 1. The number of aliphatic hydroxyl groups is 1. The number of benzene rings is 1. The Kier molecular flexibility index (Phi) is 5.93. The summed E-state index contributed by atoms with van der Waals surface area (Å²) in [6.45, 7) is -0.449. The molecule has 0 aliphatic heterocycles. The van der Waals surface area contributed by atoms with Gasteiger partial charge in [-0.25, -0.2) is 8.42 Å². The van der Waals surface area contributed by atoms with Crippen LogP contribution in [0.3, 0.4) is 0 Å². The number of nitrogens with one attached hydrogen (secondary N) is 1. The van der Waals surface area contributed by atoms with Gasteiger partial charge in [-0.05, 0) is 24.6 Å². The highest BCUT2D eigenvalue weighted by atomic mass is 79.9. The standard InChI is InChI=1S/C11H14BrNO6S/c1-19-9-3-2-7(12)6-10(9)20(17,18)13-8(4-5-14)11(15)16/h2-3,6,8,13-14H,4-5H2,1H3,(H,15,16). The van der Waals surface area contributed by atoms with Gasteiger partial charge in [-0.3, -0.25) is 4.79 Å². The van der Waals surface area contributed by atoms with Crippen molar-refractivity contribution in [2.45, 2.75) is 17.4 Å². The number of hydrogen-bond donors (Lipinski definition) is 3. The van der Waals surface area contributed by atoms with Crippen molar-refractivity contribution in [2.75, 3.05) is 13.7 Å². The first-order valence-corrected chi connectivity index (χ1v) is 7.79. The first kappa shape index (κ1) is 16.9. The summed E-state index contributed by atoms with van der Waals surface area (Å²) in [5, 5.41) is 17.7. The number of carbonyl (C=O) groups is 1. The van der Waals surface area contributed by atoms with Crippen molar-refractivity contribution in [3.8, 4) is 5.75 Å². The Morgan fingerprint density at radius 2 is 2.15 bits per heavy atom. The van der Waals surface area contributed by atoms with E-state index in [-0.39, 0.29) is 17.1 Å². The minimum atomic E-state index is -4.09. The van der Waals surface area contributed by atoms with Crippen LogP contribution in [0.25, 0.3) is 0 Å². The first-order valence-electron chi connectivity index (χ1n) is 5.51. The zero-order valence-electron chi connectivity index (χ0n) is 10.5. The van der Waals surface area contributed by atoms with E-state index in [2.05, 4.69) is 15.9 Å². The SMILES string of the molecule is COc1ccc(Br)cc1S(=O)(=O)NC(CCO)C(=O)O. The molecule has 0 spiro atoms. The van der Waals surface area contributed by atoms with Crippen LogP contribution in [0.4, 0.5) is 0 Å². The average Bonchev–Trinajstić information content (AvgIpc) is 2.38. The van der Waals surface area contributed by atoms with E-state index in [9.17, 15) is 13.2 Å². The van der Waals surface area contributed by atoms with Gasteiger partial charge in [0, 0.05) is 11.1 Å². The highest BCUT2D eigenvalue weighted by molar-refractivity contribution is 9.10. The summed E-state index contributed by atoms with van der Waals surface area (Å²) < 4.78 is 31.9. The number of rotatable bonds is 7. The molecule has 7 nitrogen and oxygen atoms in total. The van der Waals surface area contributed by atoms with Crippen molar-refractivity contribution in [2.24, 2.45) is 0 Å². The fraction of sp³-hybridized carbons (Fsp3) is 0.364. The zero-order valence-corrected chi connectivity index (χ0v) is 12.9. The predicted octanol–water partition coefficient (Wildman–Crippen LogP) is 0.572. The van der Waals surface area contributed by atoms with Crippen molar-refractivity contribution in [1.82, 2.24) is 4.72 Å². The van der Waals surface area contributed by atoms with Crippen molar-refractivity contribution in [1.29, 1.82) is 0 Å². The lowest BCUT2D eigenvalue weighted by molar-refractivity contribution is -0.139. The summed E-state index contributed by atoms with van der Waals surface area (Å²) in [6, 6.07) is 2.94. The lowest BCUT2D eigenvalue weighted by Gasteiger charge is -2.15. The highest BCUT2D eigenvalue weighted by Gasteiger charge is 2.27. The molecule has 20 heavy (non-hydrogen) atoms. The topological polar surface area (TPSA) is 113 Å². The van der Waals surface area contributed by atoms with Gasteiger partial charge in [-0.15, -0.1) is 0 Å². The van der Waals surface area contributed by atoms with E-state index in [1.807, 2.05) is 4.72 Å². The Bertz CT molecular complexity index is 589. The lowest BCUT2D eigenvalue weighted by atomic mass is 10.2. The molecular formula is C11H14BrNO6S. The van der Waals surface area contributed by atoms with E-state index in [0.29, 0.717) is 4.47 Å². The first-order chi connectivity index (χ1) is 9.31. The predicted molar refractivity (Wildman–Crippen MR) is 74.1 cm³/mol. The second-order valence-corrected chi connectivity index (χ2v) is 6.42. The second kappa shape index (κ2) is 7.02. The molecular weight excluding hydrogens is 354 g/mol. The molecule has 0 aromatic heterocycles. The molecule has 0 radical (unpaired) electrons. The van der Waals surface area contributed by atoms with Crippen molar-refractivity contribution >= 4 is 31.9 Å². The number of aliphatic hydroxyl groups excluding tert-OH is 1. The molecule has 0 saturated heterocycles. The van der Waals surface area contributed by atoms with Gasteiger partial charge < -0.3 is 14.9 Å². The molecule has 0 aliphatic carbocycles. The summed E-state index contributed by atoms with van der Waals surface area (Å²) in [6.07, 6.45) is -0.231. The van der Waals surface area contributed by atoms with Gasteiger partial charge in [0.05, 0.1) is 7.11 Å². The molecule has 1 atom stereocenters. The third kappa shape index (κ3) is 4.17. The van der Waals surface area contributed by atoms with Gasteiger partial charge in [0.25, 0.3) is 0 Å². The van der Waals surface area contributed by atoms with Crippen LogP contribution in [0.1, 0.15) is 6.42 Å². The van der Waals surface area contributed by atoms with Crippen molar-refractivity contribution in [3.05, 3.63) is 22.7 Å². The molecule has 0 bridgehead atoms. The maximum Gasteiger partial charge on any atom is 0.321 e. The summed E-state index contributed by atoms with van der Waals surface area (Å²) in [5.41, 5.74) is 0. The molecule has 3 N–H and O–H groups in total. The molecule has 1 aromatic rings. The van der Waals surface area contributed by atoms with Crippen LogP contribution in [0.2, 0.25) is 0 Å². The Labute approximate surface area is 124 Å². The number of hydrogen-bond acceptors (Lipinski definition) is 5. The smallest absolute Gasteiger partial charge is 0.321 e. The van der Waals surface area contributed by atoms with Crippen LogP contribution in [0.15, 0.2) is 27.6 Å². The molecule has 112 valence electrons. The number of methoxy groups -OCH3 is 1. The van der Waals surface area contributed by atoms with Gasteiger partial charge in [-0.1, -0.05) is 15.9 Å². The van der Waals surface area contributed by atoms with E-state index in [4.69, 9.17) is 14.9 Å². The highest BCUT2D eigenvalue weighted by Crippen LogP contribution is 2.27. The fourth-order valence-electron chi connectivity index (χ4n) is 1.47. The Morgan fingerprint density at radius 1 is 1.50 bits per heavy atom. The Morgan fingerprint density at radius 3 is 2.65 bits per heavy atom. The van der Waals surface area contributed by atoms with E-state index in [1.165, 1.54) is 19.2 Å². The lowest BCUT2D eigenvalue weighted by Crippen LogP contribution is -2.41. The van der Waals surface area contributed by atoms with Crippen LogP contribution in [-0.2, 0) is 14.8 Å². The van der Waals surface area contributed by atoms with Crippen LogP contribution in [0, 0.1) is 0 Å². The third-order valence-corrected chi connectivity index (χ3v) is 4.41. The largest absolute Gasteiger partial charge is 0.495 e. The monoisotopic (exact) mass is 367 g/mol. The van der Waals surface area contributed by atoms with E-state index < -0.39 is 28.6 Å². The van der Waals surface area contributed by atoms with E-state index in [1.54, 1.807) is 6.07 Å². The maximum absolute atomic E-state index is 12.2. The molecule has 1 aromatic carbocycles. The minimum absolute atomic E-state index is 0.0915. The van der Waals surface area contributed by atoms with Crippen LogP contribution >= 0.6 is 15.9 Å². The van der Waals surface area contributed by atoms with Crippen LogP contribution in [-0.4, -0.2) is 44.4 Å². The Balaban J connectivity index is 3.16. The van der Waals surface area contributed by atoms with Gasteiger partial charge in [-0.2, -0.15) is 4.72 Å². The van der Waals surface area contributed by atoms with E-state index >= 15 is 0 Å². The number of sulfonamides is 1. The molecule has 0 aliphatic rings. The third-order valence-electron chi connectivity index (χ3n) is 2.43. The molecule has 0 fully saturated rings. The molecule has 1 unspecified atom stereocenters. The zero-order chi connectivity index (χ0) is 15.3. The maximum atomic E-state index is 12.2. The number of aliphatic carboxylic acids is 1. The van der Waals surface area contributed by atoms with Crippen molar-refractivity contribution in [3.63, 3.8) is 0 Å². The van der Waals surface area contributed by atoms with Gasteiger partial charge in [0.15, 0.2) is 0 Å². The number of carboxylic acid groups (broad SMARTS) is 1. The van der Waals surface area contributed by atoms with Gasteiger partial charge in [0.1, 0.15) is 16.7 Å². The summed E-state index contributed by atoms with van der Waals surface area (Å²) in [7, 11) is -2.78. The molecule has 9 heteroatoms. The number of carboxylic acids is 1. The van der Waals surface area contributed by atoms with Crippen molar-refractivity contribution < 1.29 is 28.2 Å². The second-order valence-electron chi connectivity index (χ2n) is 3.82. The molecule has 0 heterocycles. The summed E-state index contributed by atoms with van der Waals surface area (Å²) in [4.78, 5) is 10.8. The molecule has 1 rings (SSSR count). The average molecular weight is 368 g/mol. The van der Waals surface area contributed by atoms with Crippen LogP contribution in [0.5, 0.6) is 5.75 Å².